The van der Waals surface area contributed by atoms with Crippen molar-refractivity contribution in [3.63, 3.8) is 0 Å². The Morgan fingerprint density at radius 2 is 1.81 bits per heavy atom. The predicted molar refractivity (Wildman–Crippen MR) is 91.4 cm³/mol. The summed E-state index contributed by atoms with van der Waals surface area (Å²) in [6, 6.07) is 9.28. The highest BCUT2D eigenvalue weighted by molar-refractivity contribution is 5.81. The minimum atomic E-state index is 0.588. The van der Waals surface area contributed by atoms with Crippen LogP contribution in [0.15, 0.2) is 36.7 Å². The third kappa shape index (κ3) is 5.47. The Kier molecular flexibility index (Phi) is 6.19. The van der Waals surface area contributed by atoms with Crippen molar-refractivity contribution < 1.29 is 0 Å². The second-order valence-electron chi connectivity index (χ2n) is 6.52. The third-order valence-corrected chi connectivity index (χ3v) is 4.03. The van der Waals surface area contributed by atoms with Gasteiger partial charge in [-0.05, 0) is 42.3 Å². The second kappa shape index (κ2) is 8.14. The van der Waals surface area contributed by atoms with E-state index < -0.39 is 0 Å². The van der Waals surface area contributed by atoms with Crippen molar-refractivity contribution in [2.45, 2.75) is 59.0 Å². The number of nitrogens with zero attached hydrogens (tertiary/aromatic N) is 1. The van der Waals surface area contributed by atoms with Gasteiger partial charge >= 0.3 is 0 Å². The van der Waals surface area contributed by atoms with Gasteiger partial charge in [-0.15, -0.1) is 0 Å². The number of rotatable bonds is 8. The second-order valence-corrected chi connectivity index (χ2v) is 6.52. The molecule has 1 N–H and O–H groups in total. The van der Waals surface area contributed by atoms with E-state index in [1.807, 2.05) is 12.4 Å². The van der Waals surface area contributed by atoms with Gasteiger partial charge in [-0.1, -0.05) is 45.2 Å². The third-order valence-electron chi connectivity index (χ3n) is 4.03. The summed E-state index contributed by atoms with van der Waals surface area (Å²) in [5.41, 5.74) is 1.35. The summed E-state index contributed by atoms with van der Waals surface area (Å²) in [5, 5.41) is 6.12. The molecule has 0 saturated heterocycles. The first kappa shape index (κ1) is 16.0. The number of hydrogen-bond donors (Lipinski definition) is 1. The van der Waals surface area contributed by atoms with Crippen molar-refractivity contribution in [2.24, 2.45) is 5.92 Å². The van der Waals surface area contributed by atoms with Gasteiger partial charge < -0.3 is 5.32 Å². The molecule has 0 fully saturated rings. The van der Waals surface area contributed by atoms with Crippen LogP contribution >= 0.6 is 0 Å². The predicted octanol–water partition coefficient (Wildman–Crippen LogP) is 4.93. The fraction of sp³-hybridized carbons (Fsp3) is 0.526. The molecule has 0 aliphatic rings. The number of unbranched alkanes of at least 4 members (excludes halogenated alkanes) is 1. The minimum absolute atomic E-state index is 0.588. The average Bonchev–Trinajstić information content (AvgIpc) is 2.49. The van der Waals surface area contributed by atoms with Crippen LogP contribution < -0.4 is 5.32 Å². The summed E-state index contributed by atoms with van der Waals surface area (Å²) >= 11 is 0. The number of hydrogen-bond acceptors (Lipinski definition) is 2. The zero-order chi connectivity index (χ0) is 15.1. The fourth-order valence-corrected chi connectivity index (χ4v) is 2.64. The molecule has 1 aromatic carbocycles. The molecule has 2 aromatic rings. The average molecular weight is 284 g/mol. The molecule has 0 saturated carbocycles. The first-order valence-corrected chi connectivity index (χ1v) is 8.21. The van der Waals surface area contributed by atoms with E-state index in [-0.39, 0.29) is 0 Å². The topological polar surface area (TPSA) is 24.9 Å². The van der Waals surface area contributed by atoms with E-state index in [4.69, 9.17) is 0 Å². The molecular formula is C19H28N2. The lowest BCUT2D eigenvalue weighted by Crippen LogP contribution is -2.25. The molecule has 0 aliphatic carbocycles. The minimum Gasteiger partial charge on any atom is -0.310 e. The summed E-state index contributed by atoms with van der Waals surface area (Å²) in [5.74, 6) is 0.834. The van der Waals surface area contributed by atoms with E-state index in [1.165, 1.54) is 42.0 Å². The van der Waals surface area contributed by atoms with E-state index in [9.17, 15) is 0 Å². The molecule has 0 amide bonds. The van der Waals surface area contributed by atoms with Gasteiger partial charge in [0.2, 0.25) is 0 Å². The van der Waals surface area contributed by atoms with Crippen LogP contribution in [0.25, 0.3) is 10.8 Å². The Hall–Kier alpha value is -1.41. The smallest absolute Gasteiger partial charge is 0.0346 e. The standard InChI is InChI=1S/C19H28N2/c1-15(2)6-4-5-7-16(3)21-13-17-8-9-19-14-20-11-10-18(19)12-17/h8-12,14-16,21H,4-7,13H2,1-3H3/t16-/m1/s1. The number of fused-ring (bicyclic) bond motifs is 1. The van der Waals surface area contributed by atoms with Crippen LogP contribution in [-0.2, 0) is 6.54 Å². The molecule has 0 aliphatic heterocycles. The lowest BCUT2D eigenvalue weighted by atomic mass is 10.0. The number of benzene rings is 1. The molecule has 1 atom stereocenters. The Morgan fingerprint density at radius 1 is 1.00 bits per heavy atom. The van der Waals surface area contributed by atoms with Crippen molar-refractivity contribution in [3.05, 3.63) is 42.2 Å². The van der Waals surface area contributed by atoms with Gasteiger partial charge in [0.15, 0.2) is 0 Å². The van der Waals surface area contributed by atoms with Crippen molar-refractivity contribution >= 4 is 10.8 Å². The molecule has 21 heavy (non-hydrogen) atoms. The molecule has 0 unspecified atom stereocenters. The lowest BCUT2D eigenvalue weighted by molar-refractivity contribution is 0.461. The Labute approximate surface area is 129 Å². The first-order chi connectivity index (χ1) is 10.1. The van der Waals surface area contributed by atoms with Gasteiger partial charge in [0.05, 0.1) is 0 Å². The molecule has 2 heteroatoms. The van der Waals surface area contributed by atoms with Crippen LogP contribution in [0.4, 0.5) is 0 Å². The Balaban J connectivity index is 1.76. The monoisotopic (exact) mass is 284 g/mol. The Bertz CT molecular complexity index is 548. The lowest BCUT2D eigenvalue weighted by Gasteiger charge is -2.14. The number of pyridine rings is 1. The zero-order valence-corrected chi connectivity index (χ0v) is 13.6. The van der Waals surface area contributed by atoms with E-state index in [1.54, 1.807) is 0 Å². The largest absolute Gasteiger partial charge is 0.310 e. The molecule has 0 spiro atoms. The Morgan fingerprint density at radius 3 is 2.62 bits per heavy atom. The molecule has 0 bridgehead atoms. The maximum Gasteiger partial charge on any atom is 0.0346 e. The zero-order valence-electron chi connectivity index (χ0n) is 13.6. The summed E-state index contributed by atoms with van der Waals surface area (Å²) < 4.78 is 0. The van der Waals surface area contributed by atoms with Crippen LogP contribution in [0.5, 0.6) is 0 Å². The fourth-order valence-electron chi connectivity index (χ4n) is 2.64. The molecule has 1 heterocycles. The molecule has 1 aromatic heterocycles. The SMILES string of the molecule is CC(C)CCCC[C@@H](C)NCc1ccc2cnccc2c1. The summed E-state index contributed by atoms with van der Waals surface area (Å²) in [6.45, 7) is 7.85. The van der Waals surface area contributed by atoms with Gasteiger partial charge in [-0.25, -0.2) is 0 Å². The highest BCUT2D eigenvalue weighted by Gasteiger charge is 2.03. The van der Waals surface area contributed by atoms with Gasteiger partial charge in [-0.3, -0.25) is 4.98 Å². The highest BCUT2D eigenvalue weighted by atomic mass is 14.9. The molecule has 2 nitrogen and oxygen atoms in total. The molecule has 114 valence electrons. The maximum atomic E-state index is 4.16. The van der Waals surface area contributed by atoms with Crippen molar-refractivity contribution in [2.75, 3.05) is 0 Å². The molecule has 2 rings (SSSR count). The molecule has 0 radical (unpaired) electrons. The maximum absolute atomic E-state index is 4.16. The van der Waals surface area contributed by atoms with E-state index in [2.05, 4.69) is 55.3 Å². The van der Waals surface area contributed by atoms with Crippen LogP contribution in [0.2, 0.25) is 0 Å². The van der Waals surface area contributed by atoms with Crippen molar-refractivity contribution in [1.82, 2.24) is 10.3 Å². The van der Waals surface area contributed by atoms with Crippen LogP contribution in [0.3, 0.4) is 0 Å². The van der Waals surface area contributed by atoms with E-state index in [0.717, 1.165) is 12.5 Å². The van der Waals surface area contributed by atoms with Crippen LogP contribution in [-0.4, -0.2) is 11.0 Å². The highest BCUT2D eigenvalue weighted by Crippen LogP contribution is 2.15. The number of nitrogens with one attached hydrogen (secondary N) is 1. The van der Waals surface area contributed by atoms with E-state index in [0.29, 0.717) is 6.04 Å². The van der Waals surface area contributed by atoms with Gasteiger partial charge in [-0.2, -0.15) is 0 Å². The van der Waals surface area contributed by atoms with Crippen LogP contribution in [0, 0.1) is 5.92 Å². The summed E-state index contributed by atoms with van der Waals surface area (Å²) in [7, 11) is 0. The van der Waals surface area contributed by atoms with Gasteiger partial charge in [0.1, 0.15) is 0 Å². The van der Waals surface area contributed by atoms with Crippen molar-refractivity contribution in [1.29, 1.82) is 0 Å². The summed E-state index contributed by atoms with van der Waals surface area (Å²) in [4.78, 5) is 4.16. The normalized spacial score (nSPS) is 13.0. The van der Waals surface area contributed by atoms with Crippen molar-refractivity contribution in [3.8, 4) is 0 Å². The first-order valence-electron chi connectivity index (χ1n) is 8.21. The van der Waals surface area contributed by atoms with E-state index >= 15 is 0 Å². The quantitative estimate of drug-likeness (QED) is 0.695. The summed E-state index contributed by atoms with van der Waals surface area (Å²) in [6.07, 6.45) is 9.08. The van der Waals surface area contributed by atoms with Crippen LogP contribution in [0.1, 0.15) is 52.0 Å². The van der Waals surface area contributed by atoms with Gasteiger partial charge in [0, 0.05) is 30.4 Å². The van der Waals surface area contributed by atoms with Gasteiger partial charge in [0.25, 0.3) is 0 Å². The molecular weight excluding hydrogens is 256 g/mol. The number of aromatic nitrogens is 1.